The number of aromatic nitrogens is 2. The molecule has 0 spiro atoms. The fraction of sp³-hybridized carbons (Fsp3) is 0.136. The van der Waals surface area contributed by atoms with E-state index in [1.807, 2.05) is 67.6 Å². The van der Waals surface area contributed by atoms with Crippen LogP contribution >= 0.6 is 12.2 Å². The zero-order valence-electron chi connectivity index (χ0n) is 15.8. The lowest BCUT2D eigenvalue weighted by atomic mass is 9.82. The third-order valence-corrected chi connectivity index (χ3v) is 5.05. The predicted molar refractivity (Wildman–Crippen MR) is 115 cm³/mol. The van der Waals surface area contributed by atoms with Gasteiger partial charge < -0.3 is 20.8 Å². The van der Waals surface area contributed by atoms with Crippen LogP contribution in [-0.4, -0.2) is 15.9 Å². The molecule has 0 fully saturated rings. The van der Waals surface area contributed by atoms with Crippen LogP contribution < -0.4 is 11.1 Å². The molecule has 0 radical (unpaired) electrons. The molecule has 0 aliphatic carbocycles. The molecule has 0 bridgehead atoms. The molecule has 1 unspecified atom stereocenters. The second kappa shape index (κ2) is 7.89. The van der Waals surface area contributed by atoms with Crippen molar-refractivity contribution in [2.45, 2.75) is 19.4 Å². The fourth-order valence-electron chi connectivity index (χ4n) is 3.54. The van der Waals surface area contributed by atoms with Gasteiger partial charge in [0.25, 0.3) is 0 Å². The van der Waals surface area contributed by atoms with E-state index in [2.05, 4.69) is 15.3 Å². The van der Waals surface area contributed by atoms with Crippen molar-refractivity contribution in [1.29, 1.82) is 0 Å². The number of nitrogens with one attached hydrogen (secondary N) is 2. The highest BCUT2D eigenvalue weighted by atomic mass is 32.1. The Balaban J connectivity index is 1.76. The van der Waals surface area contributed by atoms with Crippen LogP contribution in [0.2, 0.25) is 0 Å². The van der Waals surface area contributed by atoms with E-state index in [4.69, 9.17) is 22.7 Å². The fourth-order valence-corrected chi connectivity index (χ4v) is 3.74. The summed E-state index contributed by atoms with van der Waals surface area (Å²) in [5.41, 5.74) is 9.95. The van der Waals surface area contributed by atoms with Crippen molar-refractivity contribution < 1.29 is 9.53 Å². The van der Waals surface area contributed by atoms with Crippen molar-refractivity contribution >= 4 is 29.8 Å². The van der Waals surface area contributed by atoms with Gasteiger partial charge in [-0.2, -0.15) is 0 Å². The maximum absolute atomic E-state index is 13.1. The quantitative estimate of drug-likeness (QED) is 0.444. The average molecular weight is 404 g/mol. The Kier molecular flexibility index (Phi) is 5.14. The van der Waals surface area contributed by atoms with Crippen LogP contribution in [-0.2, 0) is 16.1 Å². The molecule has 2 heterocycles. The molecule has 0 amide bonds. The molecular weight excluding hydrogens is 384 g/mol. The van der Waals surface area contributed by atoms with E-state index in [9.17, 15) is 4.79 Å². The van der Waals surface area contributed by atoms with Crippen LogP contribution in [0.1, 0.15) is 29.5 Å². The van der Waals surface area contributed by atoms with Crippen LogP contribution in [0.15, 0.2) is 71.9 Å². The summed E-state index contributed by atoms with van der Waals surface area (Å²) in [5.74, 6) is 0.106. The van der Waals surface area contributed by atoms with Gasteiger partial charge in [0.2, 0.25) is 0 Å². The number of anilines is 2. The number of nitrogens with zero attached hydrogens (tertiary/aromatic N) is 1. The van der Waals surface area contributed by atoms with Crippen molar-refractivity contribution in [3.05, 3.63) is 93.4 Å². The lowest BCUT2D eigenvalue weighted by molar-refractivity contribution is -0.140. The molecule has 0 saturated carbocycles. The van der Waals surface area contributed by atoms with Crippen molar-refractivity contribution in [3.63, 3.8) is 0 Å². The first-order valence-electron chi connectivity index (χ1n) is 9.18. The van der Waals surface area contributed by atoms with Gasteiger partial charge in [0.05, 0.1) is 11.5 Å². The highest BCUT2D eigenvalue weighted by molar-refractivity contribution is 7.71. The van der Waals surface area contributed by atoms with Crippen LogP contribution in [0.25, 0.3) is 0 Å². The SMILES string of the molecule is CC1=C(C(=O)OCc2ccccc2)C(c2ccccc2)c2c(nc(=S)[nH]c2N)N1. The van der Waals surface area contributed by atoms with E-state index in [1.54, 1.807) is 0 Å². The first-order chi connectivity index (χ1) is 14.0. The topological polar surface area (TPSA) is 93.0 Å². The number of aromatic amines is 1. The van der Waals surface area contributed by atoms with E-state index < -0.39 is 11.9 Å². The normalized spacial score (nSPS) is 15.4. The largest absolute Gasteiger partial charge is 0.457 e. The maximum atomic E-state index is 13.1. The number of carbonyl (C=O) groups is 1. The number of nitrogens with two attached hydrogens (primary N) is 1. The van der Waals surface area contributed by atoms with Gasteiger partial charge in [-0.3, -0.25) is 0 Å². The number of rotatable bonds is 4. The van der Waals surface area contributed by atoms with E-state index in [0.29, 0.717) is 28.5 Å². The summed E-state index contributed by atoms with van der Waals surface area (Å²) in [6, 6.07) is 19.3. The second-order valence-corrected chi connectivity index (χ2v) is 7.17. The minimum atomic E-state index is -0.421. The van der Waals surface area contributed by atoms with Gasteiger partial charge in [0, 0.05) is 11.3 Å². The Labute approximate surface area is 173 Å². The molecule has 7 heteroatoms. The number of carbonyl (C=O) groups excluding carboxylic acids is 1. The van der Waals surface area contributed by atoms with E-state index >= 15 is 0 Å². The Morgan fingerprint density at radius 3 is 2.48 bits per heavy atom. The molecule has 146 valence electrons. The Morgan fingerprint density at radius 2 is 1.79 bits per heavy atom. The second-order valence-electron chi connectivity index (χ2n) is 6.79. The summed E-state index contributed by atoms with van der Waals surface area (Å²) in [6.07, 6.45) is 0. The van der Waals surface area contributed by atoms with Crippen molar-refractivity contribution in [3.8, 4) is 0 Å². The number of benzene rings is 2. The Bertz CT molecular complexity index is 1140. The Morgan fingerprint density at radius 1 is 1.14 bits per heavy atom. The first-order valence-corrected chi connectivity index (χ1v) is 9.59. The van der Waals surface area contributed by atoms with Crippen LogP contribution in [0, 0.1) is 4.77 Å². The van der Waals surface area contributed by atoms with Gasteiger partial charge >= 0.3 is 5.97 Å². The third kappa shape index (κ3) is 3.77. The molecule has 4 rings (SSSR count). The number of fused-ring (bicyclic) bond motifs is 1. The van der Waals surface area contributed by atoms with Crippen LogP contribution in [0.4, 0.5) is 11.6 Å². The van der Waals surface area contributed by atoms with Crippen molar-refractivity contribution in [1.82, 2.24) is 9.97 Å². The number of H-pyrrole nitrogens is 1. The average Bonchev–Trinajstić information content (AvgIpc) is 2.72. The number of allylic oxidation sites excluding steroid dienone is 1. The monoisotopic (exact) mass is 404 g/mol. The summed E-state index contributed by atoms with van der Waals surface area (Å²) in [4.78, 5) is 20.4. The van der Waals surface area contributed by atoms with Gasteiger partial charge in [-0.15, -0.1) is 0 Å². The van der Waals surface area contributed by atoms with E-state index in [-0.39, 0.29) is 11.4 Å². The summed E-state index contributed by atoms with van der Waals surface area (Å²) < 4.78 is 5.92. The molecule has 1 aromatic heterocycles. The summed E-state index contributed by atoms with van der Waals surface area (Å²) in [6.45, 7) is 2.02. The molecule has 1 aliphatic heterocycles. The smallest absolute Gasteiger partial charge is 0.337 e. The van der Waals surface area contributed by atoms with Crippen molar-refractivity contribution in [2.24, 2.45) is 0 Å². The maximum Gasteiger partial charge on any atom is 0.337 e. The molecule has 2 aromatic carbocycles. The van der Waals surface area contributed by atoms with Crippen LogP contribution in [0.5, 0.6) is 0 Å². The molecule has 1 atom stereocenters. The lowest BCUT2D eigenvalue weighted by Crippen LogP contribution is -2.26. The van der Waals surface area contributed by atoms with E-state index in [1.165, 1.54) is 0 Å². The van der Waals surface area contributed by atoms with Gasteiger partial charge in [0.15, 0.2) is 4.77 Å². The van der Waals surface area contributed by atoms with Crippen molar-refractivity contribution in [2.75, 3.05) is 11.1 Å². The number of esters is 1. The molecule has 6 nitrogen and oxygen atoms in total. The molecule has 0 saturated heterocycles. The summed E-state index contributed by atoms with van der Waals surface area (Å²) in [5, 5.41) is 3.17. The van der Waals surface area contributed by atoms with E-state index in [0.717, 1.165) is 11.1 Å². The van der Waals surface area contributed by atoms with Gasteiger partial charge in [-0.1, -0.05) is 60.7 Å². The zero-order valence-corrected chi connectivity index (χ0v) is 16.6. The summed E-state index contributed by atoms with van der Waals surface area (Å²) >= 11 is 5.16. The highest BCUT2D eigenvalue weighted by Crippen LogP contribution is 2.43. The predicted octanol–water partition coefficient (Wildman–Crippen LogP) is 4.30. The lowest BCUT2D eigenvalue weighted by Gasteiger charge is -2.30. The number of nitrogen functional groups attached to an aromatic ring is 1. The Hall–Kier alpha value is -3.45. The van der Waals surface area contributed by atoms with Crippen LogP contribution in [0.3, 0.4) is 0 Å². The number of ether oxygens (including phenoxy) is 1. The molecule has 1 aliphatic rings. The number of hydrogen-bond donors (Lipinski definition) is 3. The molecule has 29 heavy (non-hydrogen) atoms. The minimum absolute atomic E-state index is 0.190. The molecular formula is C22H20N4O2S. The van der Waals surface area contributed by atoms with Gasteiger partial charge in [0.1, 0.15) is 18.2 Å². The third-order valence-electron chi connectivity index (χ3n) is 4.85. The minimum Gasteiger partial charge on any atom is -0.457 e. The van der Waals surface area contributed by atoms with Gasteiger partial charge in [-0.25, -0.2) is 9.78 Å². The standard InChI is InChI=1S/C22H20N4O2S/c1-13-16(21(27)28-12-14-8-4-2-5-9-14)17(15-10-6-3-7-11-15)18-19(23)25-22(29)26-20(18)24-13/h2-11,17H,12H2,1H3,(H4,23,24,25,26,29). The highest BCUT2D eigenvalue weighted by Gasteiger charge is 2.35. The number of hydrogen-bond acceptors (Lipinski definition) is 6. The summed E-state index contributed by atoms with van der Waals surface area (Å²) in [7, 11) is 0. The van der Waals surface area contributed by atoms with Gasteiger partial charge in [-0.05, 0) is 30.3 Å². The zero-order chi connectivity index (χ0) is 20.4. The molecule has 4 N–H and O–H groups in total. The first kappa shape index (κ1) is 18.9. The molecule has 3 aromatic rings.